The van der Waals surface area contributed by atoms with Crippen molar-refractivity contribution in [2.75, 3.05) is 7.05 Å². The molecule has 0 aliphatic rings. The second-order valence-electron chi connectivity index (χ2n) is 5.86. The van der Waals surface area contributed by atoms with Gasteiger partial charge in [0, 0.05) is 19.1 Å². The lowest BCUT2D eigenvalue weighted by Gasteiger charge is -2.29. The molecule has 1 unspecified atom stereocenters. The Bertz CT molecular complexity index is 1190. The summed E-state index contributed by atoms with van der Waals surface area (Å²) in [6, 6.07) is 4.34. The highest BCUT2D eigenvalue weighted by molar-refractivity contribution is 7.89. The maximum absolute atomic E-state index is 13.7. The zero-order valence-corrected chi connectivity index (χ0v) is 16.0. The molecule has 3 aromatic rings. The highest BCUT2D eigenvalue weighted by atomic mass is 35.5. The summed E-state index contributed by atoms with van der Waals surface area (Å²) in [5.41, 5.74) is -0.999. The molecule has 8 nitrogen and oxygen atoms in total. The van der Waals surface area contributed by atoms with Crippen molar-refractivity contribution in [3.8, 4) is 0 Å². The van der Waals surface area contributed by atoms with Gasteiger partial charge in [-0.1, -0.05) is 23.7 Å². The molecular weight excluding hydrogens is 423 g/mol. The van der Waals surface area contributed by atoms with Crippen LogP contribution in [0, 0.1) is 0 Å². The first kappa shape index (κ1) is 20.3. The SMILES string of the molecule is CN(C(c1ccc(Cl)cc1)C(F)(F)F)S(=O)(=O)c1ccc2nn(C)c(=O)n2n1. The van der Waals surface area contributed by atoms with Gasteiger partial charge >= 0.3 is 11.9 Å². The first-order valence-corrected chi connectivity index (χ1v) is 9.48. The number of hydrogen-bond donors (Lipinski definition) is 0. The molecule has 0 amide bonds. The molecule has 13 heteroatoms. The van der Waals surface area contributed by atoms with Gasteiger partial charge in [-0.15, -0.1) is 10.2 Å². The number of hydrogen-bond acceptors (Lipinski definition) is 5. The standard InChI is InChI=1S/C15H13ClF3N5O3S/c1-22-14(25)24-11(20-22)7-8-12(21-24)28(26,27)23(2)13(15(17,18)19)9-3-5-10(16)6-4-9/h3-8,13H,1-2H3. The Labute approximate surface area is 161 Å². The summed E-state index contributed by atoms with van der Waals surface area (Å²) in [7, 11) is -2.58. The van der Waals surface area contributed by atoms with Gasteiger partial charge in [0.2, 0.25) is 0 Å². The highest BCUT2D eigenvalue weighted by Crippen LogP contribution is 2.39. The van der Waals surface area contributed by atoms with Crippen molar-refractivity contribution in [2.45, 2.75) is 17.2 Å². The largest absolute Gasteiger partial charge is 0.409 e. The van der Waals surface area contributed by atoms with E-state index in [1.54, 1.807) is 0 Å². The average molecular weight is 436 g/mol. The van der Waals surface area contributed by atoms with Gasteiger partial charge in [0.1, 0.15) is 6.04 Å². The fourth-order valence-electron chi connectivity index (χ4n) is 2.62. The molecule has 28 heavy (non-hydrogen) atoms. The quantitative estimate of drug-likeness (QED) is 0.625. The van der Waals surface area contributed by atoms with Crippen LogP contribution in [-0.4, -0.2) is 45.3 Å². The predicted octanol–water partition coefficient (Wildman–Crippen LogP) is 2.01. The van der Waals surface area contributed by atoms with E-state index in [0.717, 1.165) is 29.9 Å². The molecule has 2 heterocycles. The molecule has 3 rings (SSSR count). The van der Waals surface area contributed by atoms with Gasteiger partial charge in [0.25, 0.3) is 10.0 Å². The van der Waals surface area contributed by atoms with Crippen LogP contribution in [0.1, 0.15) is 11.6 Å². The number of halogens is 4. The zero-order valence-electron chi connectivity index (χ0n) is 14.4. The van der Waals surface area contributed by atoms with Crippen LogP contribution in [0.3, 0.4) is 0 Å². The number of benzene rings is 1. The van der Waals surface area contributed by atoms with E-state index in [1.807, 2.05) is 0 Å². The van der Waals surface area contributed by atoms with Gasteiger partial charge in [0.15, 0.2) is 10.7 Å². The second kappa shape index (κ2) is 6.87. The van der Waals surface area contributed by atoms with Crippen molar-refractivity contribution >= 4 is 27.3 Å². The number of aryl methyl sites for hydroxylation is 1. The van der Waals surface area contributed by atoms with E-state index < -0.39 is 33.0 Å². The predicted molar refractivity (Wildman–Crippen MR) is 93.4 cm³/mol. The maximum atomic E-state index is 13.7. The monoisotopic (exact) mass is 435 g/mol. The minimum Gasteiger partial charge on any atom is -0.244 e. The molecule has 0 spiro atoms. The van der Waals surface area contributed by atoms with Gasteiger partial charge in [-0.3, -0.25) is 0 Å². The average Bonchev–Trinajstić information content (AvgIpc) is 2.89. The van der Waals surface area contributed by atoms with E-state index in [9.17, 15) is 26.4 Å². The second-order valence-corrected chi connectivity index (χ2v) is 8.25. The zero-order chi connectivity index (χ0) is 20.9. The molecular formula is C15H13ClF3N5O3S. The minimum atomic E-state index is -4.91. The molecule has 0 aliphatic heterocycles. The molecule has 1 aromatic carbocycles. The fourth-order valence-corrected chi connectivity index (χ4v) is 3.99. The van der Waals surface area contributed by atoms with Crippen molar-refractivity contribution in [3.63, 3.8) is 0 Å². The molecule has 0 aliphatic carbocycles. The van der Waals surface area contributed by atoms with Crippen LogP contribution in [0.5, 0.6) is 0 Å². The molecule has 150 valence electrons. The van der Waals surface area contributed by atoms with Crippen LogP contribution in [0.2, 0.25) is 5.02 Å². The van der Waals surface area contributed by atoms with Crippen LogP contribution in [0.25, 0.3) is 5.65 Å². The van der Waals surface area contributed by atoms with Gasteiger partial charge in [0.05, 0.1) is 0 Å². The fraction of sp³-hybridized carbons (Fsp3) is 0.267. The van der Waals surface area contributed by atoms with Crippen LogP contribution in [0.4, 0.5) is 13.2 Å². The third-order valence-electron chi connectivity index (χ3n) is 4.00. The van der Waals surface area contributed by atoms with Crippen molar-refractivity contribution in [2.24, 2.45) is 7.05 Å². The van der Waals surface area contributed by atoms with Crippen LogP contribution >= 0.6 is 11.6 Å². The van der Waals surface area contributed by atoms with Crippen molar-refractivity contribution in [3.05, 3.63) is 57.5 Å². The van der Waals surface area contributed by atoms with Crippen molar-refractivity contribution in [1.29, 1.82) is 0 Å². The summed E-state index contributed by atoms with van der Waals surface area (Å²) in [6.07, 6.45) is -4.91. The molecule has 0 fully saturated rings. The Morgan fingerprint density at radius 1 is 1.11 bits per heavy atom. The van der Waals surface area contributed by atoms with Gasteiger partial charge in [-0.25, -0.2) is 17.9 Å². The molecule has 0 N–H and O–H groups in total. The summed E-state index contributed by atoms with van der Waals surface area (Å²) in [5.74, 6) is 0. The summed E-state index contributed by atoms with van der Waals surface area (Å²) in [5, 5.41) is 6.96. The number of sulfonamides is 1. The highest BCUT2D eigenvalue weighted by Gasteiger charge is 2.48. The lowest BCUT2D eigenvalue weighted by Crippen LogP contribution is -2.40. The van der Waals surface area contributed by atoms with E-state index in [-0.39, 0.29) is 20.5 Å². The number of rotatable bonds is 4. The number of aromatic nitrogens is 4. The van der Waals surface area contributed by atoms with Gasteiger partial charge < -0.3 is 0 Å². The molecule has 1 atom stereocenters. The Morgan fingerprint density at radius 2 is 1.71 bits per heavy atom. The van der Waals surface area contributed by atoms with E-state index in [4.69, 9.17) is 11.6 Å². The Hall–Kier alpha value is -2.44. The lowest BCUT2D eigenvalue weighted by atomic mass is 10.1. The van der Waals surface area contributed by atoms with Crippen molar-refractivity contribution < 1.29 is 21.6 Å². The smallest absolute Gasteiger partial charge is 0.244 e. The van der Waals surface area contributed by atoms with Gasteiger partial charge in [-0.05, 0) is 29.8 Å². The Morgan fingerprint density at radius 3 is 2.29 bits per heavy atom. The number of alkyl halides is 3. The first-order chi connectivity index (χ1) is 12.9. The normalized spacial score (nSPS) is 14.0. The Kier molecular flexibility index (Phi) is 4.98. The maximum Gasteiger partial charge on any atom is 0.409 e. The topological polar surface area (TPSA) is 89.6 Å². The van der Waals surface area contributed by atoms with Crippen molar-refractivity contribution in [1.82, 2.24) is 23.7 Å². The van der Waals surface area contributed by atoms with Crippen LogP contribution in [0.15, 0.2) is 46.2 Å². The third-order valence-corrected chi connectivity index (χ3v) is 5.97. The van der Waals surface area contributed by atoms with Crippen LogP contribution in [-0.2, 0) is 17.1 Å². The summed E-state index contributed by atoms with van der Waals surface area (Å²) in [4.78, 5) is 11.9. The van der Waals surface area contributed by atoms with E-state index in [2.05, 4.69) is 10.2 Å². The van der Waals surface area contributed by atoms with E-state index in [1.165, 1.54) is 25.2 Å². The molecule has 0 saturated carbocycles. The molecule has 0 bridgehead atoms. The number of nitrogens with zero attached hydrogens (tertiary/aromatic N) is 5. The first-order valence-electron chi connectivity index (χ1n) is 7.66. The molecule has 0 saturated heterocycles. The molecule has 0 radical (unpaired) electrons. The van der Waals surface area contributed by atoms with E-state index in [0.29, 0.717) is 4.52 Å². The Balaban J connectivity index is 2.11. The third kappa shape index (κ3) is 3.50. The molecule has 2 aromatic heterocycles. The summed E-state index contributed by atoms with van der Waals surface area (Å²) in [6.45, 7) is 0. The van der Waals surface area contributed by atoms with Gasteiger partial charge in [-0.2, -0.15) is 22.0 Å². The van der Waals surface area contributed by atoms with E-state index >= 15 is 0 Å². The number of fused-ring (bicyclic) bond motifs is 1. The summed E-state index contributed by atoms with van der Waals surface area (Å²) >= 11 is 5.70. The lowest BCUT2D eigenvalue weighted by molar-refractivity contribution is -0.171. The summed E-state index contributed by atoms with van der Waals surface area (Å²) < 4.78 is 68.5. The van der Waals surface area contributed by atoms with Crippen LogP contribution < -0.4 is 5.69 Å². The minimum absolute atomic E-state index is 0.0548.